The van der Waals surface area contributed by atoms with Crippen LogP contribution in [0.15, 0.2) is 60.7 Å². The van der Waals surface area contributed by atoms with Crippen molar-refractivity contribution in [1.82, 2.24) is 4.37 Å². The molecule has 1 saturated carbocycles. The molecule has 3 aromatic carbocycles. The molecule has 38 heavy (non-hydrogen) atoms. The average Bonchev–Trinajstić information content (AvgIpc) is 3.58. The first-order valence-electron chi connectivity index (χ1n) is 11.5. The first-order valence-corrected chi connectivity index (χ1v) is 12.7. The second-order valence-electron chi connectivity index (χ2n) is 8.88. The number of fused-ring (bicyclic) bond motifs is 1. The van der Waals surface area contributed by atoms with E-state index in [2.05, 4.69) is 33.9 Å². The van der Waals surface area contributed by atoms with Crippen molar-refractivity contribution in [2.45, 2.75) is 32.8 Å². The van der Waals surface area contributed by atoms with E-state index >= 15 is 0 Å². The van der Waals surface area contributed by atoms with Gasteiger partial charge in [0, 0.05) is 16.1 Å². The quantitative estimate of drug-likeness (QED) is 0.226. The molecule has 9 heteroatoms. The van der Waals surface area contributed by atoms with Gasteiger partial charge >= 0.3 is 35.7 Å². The van der Waals surface area contributed by atoms with Gasteiger partial charge < -0.3 is 15.0 Å². The molecule has 0 spiro atoms. The number of hydrogen-bond donors (Lipinski definition) is 1. The van der Waals surface area contributed by atoms with E-state index in [4.69, 9.17) is 16.3 Å². The number of aryl methyl sites for hydroxylation is 1. The van der Waals surface area contributed by atoms with E-state index in [1.807, 2.05) is 55.5 Å². The summed E-state index contributed by atoms with van der Waals surface area (Å²) in [5.74, 6) is 6.17. The van der Waals surface area contributed by atoms with Gasteiger partial charge in [0.25, 0.3) is 0 Å². The van der Waals surface area contributed by atoms with Crippen LogP contribution in [0.4, 0.5) is 10.5 Å². The molecule has 1 heterocycles. The number of carbonyl (C=O) groups excluding carboxylic acids is 2. The fraction of sp³-hybridized carbons (Fsp3) is 0.207. The molecule has 1 aliphatic carbocycles. The SMILES string of the molecule is Cc1nsc(-c2ccc3cc(C#CC4([C-]=O)CC4)ccc3c2)c1NC(=O)O[C@H](C)c1ccccc1Cl.[Na+].[OH-]. The van der Waals surface area contributed by atoms with E-state index in [1.54, 1.807) is 13.0 Å². The summed E-state index contributed by atoms with van der Waals surface area (Å²) in [6.45, 7) is 3.63. The topological polar surface area (TPSA) is 98.3 Å². The van der Waals surface area contributed by atoms with E-state index in [0.717, 1.165) is 45.2 Å². The second-order valence-corrected chi connectivity index (χ2v) is 10.1. The Kier molecular flexibility index (Phi) is 9.77. The van der Waals surface area contributed by atoms with Gasteiger partial charge in [-0.3, -0.25) is 5.32 Å². The molecule has 1 fully saturated rings. The molecule has 1 amide bonds. The zero-order chi connectivity index (χ0) is 25.3. The smallest absolute Gasteiger partial charge is 0.870 e. The van der Waals surface area contributed by atoms with Crippen LogP contribution >= 0.6 is 23.1 Å². The predicted octanol–water partition coefficient (Wildman–Crippen LogP) is 4.30. The number of nitrogens with one attached hydrogen (secondary N) is 1. The van der Waals surface area contributed by atoms with Crippen LogP contribution in [0.1, 0.15) is 42.7 Å². The van der Waals surface area contributed by atoms with Crippen LogP contribution in [0.5, 0.6) is 0 Å². The van der Waals surface area contributed by atoms with Crippen molar-refractivity contribution < 1.29 is 49.4 Å². The molecule has 1 aliphatic rings. The Balaban J connectivity index is 0.00000200. The molecule has 188 valence electrons. The fourth-order valence-electron chi connectivity index (χ4n) is 3.91. The molecule has 0 unspecified atom stereocenters. The number of aromatic nitrogens is 1. The number of nitrogens with zero attached hydrogens (tertiary/aromatic N) is 1. The van der Waals surface area contributed by atoms with Gasteiger partial charge in [0.05, 0.1) is 16.3 Å². The summed E-state index contributed by atoms with van der Waals surface area (Å²) in [5, 5.41) is 5.49. The summed E-state index contributed by atoms with van der Waals surface area (Å²) in [5.41, 5.74) is 3.32. The fourth-order valence-corrected chi connectivity index (χ4v) is 5.04. The number of hydrogen-bond acceptors (Lipinski definition) is 6. The molecule has 0 radical (unpaired) electrons. The zero-order valence-corrected chi connectivity index (χ0v) is 24.7. The summed E-state index contributed by atoms with van der Waals surface area (Å²) in [6, 6.07) is 19.3. The standard InChI is InChI=1S/C29H22ClN2O3S.Na.H2O/c1-18-26(31-28(34)35-19(2)24-5-3-4-6-25(24)30)27(36-32-18)23-10-9-21-15-20(7-8-22(21)16-23)11-12-29(17-33)13-14-29;;/h3-10,15-16,19H,13-14H2,1-2H3,(H,31,34);;1H2/q-1;+1;/p-1/t19-;;/m1../s1. The van der Waals surface area contributed by atoms with Gasteiger partial charge in [0.1, 0.15) is 6.10 Å². The molecule has 4 aromatic rings. The molecule has 1 aromatic heterocycles. The summed E-state index contributed by atoms with van der Waals surface area (Å²) >= 11 is 7.56. The van der Waals surface area contributed by atoms with Crippen molar-refractivity contribution in [1.29, 1.82) is 0 Å². The van der Waals surface area contributed by atoms with Crippen LogP contribution in [-0.2, 0) is 9.53 Å². The van der Waals surface area contributed by atoms with Crippen LogP contribution in [-0.4, -0.2) is 22.2 Å². The predicted molar refractivity (Wildman–Crippen MR) is 146 cm³/mol. The Bertz CT molecular complexity index is 1560. The molecule has 0 saturated heterocycles. The summed E-state index contributed by atoms with van der Waals surface area (Å²) in [6.07, 6.45) is 2.55. The summed E-state index contributed by atoms with van der Waals surface area (Å²) in [7, 11) is 0. The van der Waals surface area contributed by atoms with E-state index in [1.165, 1.54) is 11.5 Å². The van der Waals surface area contributed by atoms with Crippen LogP contribution in [0, 0.1) is 24.2 Å². The van der Waals surface area contributed by atoms with Gasteiger partial charge in [0.15, 0.2) is 0 Å². The van der Waals surface area contributed by atoms with Crippen molar-refractivity contribution in [3.63, 3.8) is 0 Å². The number of ether oxygens (including phenoxy) is 1. The Morgan fingerprint density at radius 1 is 1.16 bits per heavy atom. The maximum atomic E-state index is 12.7. The van der Waals surface area contributed by atoms with Crippen molar-refractivity contribution in [3.05, 3.63) is 82.5 Å². The molecule has 0 bridgehead atoms. The van der Waals surface area contributed by atoms with Crippen molar-refractivity contribution in [3.8, 4) is 22.3 Å². The zero-order valence-electron chi connectivity index (χ0n) is 21.2. The summed E-state index contributed by atoms with van der Waals surface area (Å²) < 4.78 is 10.0. The van der Waals surface area contributed by atoms with Crippen LogP contribution in [0.25, 0.3) is 21.2 Å². The molecular weight excluding hydrogens is 531 g/mol. The number of amides is 1. The molecule has 1 atom stereocenters. The first kappa shape index (κ1) is 29.9. The monoisotopic (exact) mass is 553 g/mol. The van der Waals surface area contributed by atoms with Gasteiger partial charge in [0.2, 0.25) is 0 Å². The van der Waals surface area contributed by atoms with E-state index in [-0.39, 0.29) is 35.0 Å². The molecule has 6 nitrogen and oxygen atoms in total. The Morgan fingerprint density at radius 2 is 1.87 bits per heavy atom. The molecular formula is C29H23ClN2NaO4S-. The number of benzene rings is 3. The maximum Gasteiger partial charge on any atom is 1.00 e. The first-order chi connectivity index (χ1) is 17.4. The van der Waals surface area contributed by atoms with Gasteiger partial charge in [-0.1, -0.05) is 72.2 Å². The Hall–Kier alpha value is -2.70. The molecule has 2 N–H and O–H groups in total. The number of halogens is 1. The van der Waals surface area contributed by atoms with Crippen LogP contribution < -0.4 is 34.9 Å². The molecule has 5 rings (SSSR count). The van der Waals surface area contributed by atoms with E-state index < -0.39 is 17.6 Å². The summed E-state index contributed by atoms with van der Waals surface area (Å²) in [4.78, 5) is 24.6. The Labute approximate surface area is 252 Å². The largest absolute Gasteiger partial charge is 1.00 e. The van der Waals surface area contributed by atoms with Gasteiger partial charge in [-0.15, -0.1) is 5.92 Å². The second kappa shape index (κ2) is 12.4. The van der Waals surface area contributed by atoms with Crippen LogP contribution in [0.2, 0.25) is 5.02 Å². The third-order valence-electron chi connectivity index (χ3n) is 6.21. The number of rotatable bonds is 5. The minimum Gasteiger partial charge on any atom is -0.870 e. The van der Waals surface area contributed by atoms with Crippen molar-refractivity contribution in [2.24, 2.45) is 5.41 Å². The molecule has 0 aliphatic heterocycles. The number of anilines is 1. The van der Waals surface area contributed by atoms with Gasteiger partial charge in [-0.25, -0.2) is 11.1 Å². The van der Waals surface area contributed by atoms with Gasteiger partial charge in [-0.2, -0.15) is 4.37 Å². The average molecular weight is 554 g/mol. The van der Waals surface area contributed by atoms with Crippen molar-refractivity contribution in [2.75, 3.05) is 5.32 Å². The maximum absolute atomic E-state index is 12.7. The Morgan fingerprint density at radius 3 is 2.58 bits per heavy atom. The van der Waals surface area contributed by atoms with E-state index in [9.17, 15) is 9.59 Å². The third kappa shape index (κ3) is 6.47. The minimum atomic E-state index is -0.572. The van der Waals surface area contributed by atoms with Crippen molar-refractivity contribution >= 4 is 52.0 Å². The third-order valence-corrected chi connectivity index (χ3v) is 7.54. The normalized spacial score (nSPS) is 13.7. The minimum absolute atomic E-state index is 0. The van der Waals surface area contributed by atoms with E-state index in [0.29, 0.717) is 16.4 Å². The van der Waals surface area contributed by atoms with Crippen LogP contribution in [0.3, 0.4) is 0 Å². The number of carbonyl (C=O) groups is 1. The van der Waals surface area contributed by atoms with Gasteiger partial charge in [-0.05, 0) is 66.0 Å².